The molecule has 2 aromatic carbocycles. The summed E-state index contributed by atoms with van der Waals surface area (Å²) in [4.78, 5) is 15.4. The summed E-state index contributed by atoms with van der Waals surface area (Å²) in [5.41, 5.74) is 2.17. The number of carbonyl (C=O) groups excluding carboxylic acids is 1. The van der Waals surface area contributed by atoms with Gasteiger partial charge in [0.1, 0.15) is 0 Å². The molecule has 132 valence electrons. The van der Waals surface area contributed by atoms with Gasteiger partial charge in [0.15, 0.2) is 0 Å². The average molecular weight is 335 g/mol. The number of hydrogen-bond acceptors (Lipinski definition) is 1. The molecule has 1 atom stereocenters. The van der Waals surface area contributed by atoms with E-state index in [1.54, 1.807) is 0 Å². The molecule has 1 amide bonds. The van der Waals surface area contributed by atoms with Crippen LogP contribution in [0.15, 0.2) is 60.7 Å². The lowest BCUT2D eigenvalue weighted by Crippen LogP contribution is -2.47. The number of aryl methyl sites for hydroxylation is 1. The van der Waals surface area contributed by atoms with Crippen LogP contribution in [0.5, 0.6) is 0 Å². The van der Waals surface area contributed by atoms with Crippen molar-refractivity contribution in [2.45, 2.75) is 64.0 Å². The quantitative estimate of drug-likeness (QED) is 0.684. The highest BCUT2D eigenvalue weighted by atomic mass is 16.2. The van der Waals surface area contributed by atoms with E-state index < -0.39 is 0 Å². The van der Waals surface area contributed by atoms with E-state index in [9.17, 15) is 4.79 Å². The normalized spacial score (nSPS) is 16.4. The fraction of sp³-hybridized carbons (Fsp3) is 0.435. The molecule has 0 radical (unpaired) electrons. The van der Waals surface area contributed by atoms with Crippen LogP contribution < -0.4 is 0 Å². The van der Waals surface area contributed by atoms with Crippen molar-refractivity contribution in [2.24, 2.45) is 0 Å². The number of carbonyl (C=O) groups is 1. The first-order chi connectivity index (χ1) is 12.3. The third-order valence-corrected chi connectivity index (χ3v) is 5.39. The van der Waals surface area contributed by atoms with E-state index in [0.29, 0.717) is 6.04 Å². The average Bonchev–Trinajstić information content (AvgIpc) is 2.69. The topological polar surface area (TPSA) is 20.3 Å². The Hall–Kier alpha value is -2.09. The van der Waals surface area contributed by atoms with Crippen LogP contribution in [0.2, 0.25) is 0 Å². The van der Waals surface area contributed by atoms with Crippen molar-refractivity contribution in [3.63, 3.8) is 0 Å². The van der Waals surface area contributed by atoms with Gasteiger partial charge in [-0.05, 0) is 50.3 Å². The van der Waals surface area contributed by atoms with Gasteiger partial charge in [-0.25, -0.2) is 0 Å². The van der Waals surface area contributed by atoms with E-state index in [0.717, 1.165) is 31.2 Å². The largest absolute Gasteiger partial charge is 0.333 e. The van der Waals surface area contributed by atoms with Crippen LogP contribution in [0.25, 0.3) is 0 Å². The minimum atomic E-state index is 0.202. The van der Waals surface area contributed by atoms with E-state index >= 15 is 0 Å². The van der Waals surface area contributed by atoms with Crippen LogP contribution in [-0.2, 0) is 6.42 Å². The van der Waals surface area contributed by atoms with Gasteiger partial charge in [0.25, 0.3) is 5.91 Å². The van der Waals surface area contributed by atoms with Crippen LogP contribution >= 0.6 is 0 Å². The Bertz CT molecular complexity index is 646. The lowest BCUT2D eigenvalue weighted by atomic mass is 9.91. The van der Waals surface area contributed by atoms with Gasteiger partial charge in [-0.2, -0.15) is 0 Å². The van der Waals surface area contributed by atoms with Gasteiger partial charge in [-0.15, -0.1) is 0 Å². The molecule has 25 heavy (non-hydrogen) atoms. The molecule has 0 bridgehead atoms. The molecule has 2 aromatic rings. The molecule has 1 aliphatic carbocycles. The van der Waals surface area contributed by atoms with E-state index in [1.807, 2.05) is 30.3 Å². The highest BCUT2D eigenvalue weighted by molar-refractivity contribution is 5.94. The zero-order valence-corrected chi connectivity index (χ0v) is 15.2. The van der Waals surface area contributed by atoms with Crippen LogP contribution in [0.3, 0.4) is 0 Å². The summed E-state index contributed by atoms with van der Waals surface area (Å²) in [5, 5.41) is 0. The summed E-state index contributed by atoms with van der Waals surface area (Å²) >= 11 is 0. The SMILES string of the molecule is CC(CCc1ccccc1)N(C(=O)c1ccccc1)C1CCCCC1. The molecule has 0 aliphatic heterocycles. The molecule has 2 heteroatoms. The van der Waals surface area contributed by atoms with Gasteiger partial charge in [-0.1, -0.05) is 67.8 Å². The zero-order valence-electron chi connectivity index (χ0n) is 15.2. The van der Waals surface area contributed by atoms with Gasteiger partial charge < -0.3 is 4.90 Å². The molecule has 1 fully saturated rings. The highest BCUT2D eigenvalue weighted by Gasteiger charge is 2.29. The maximum atomic E-state index is 13.2. The van der Waals surface area contributed by atoms with E-state index in [1.165, 1.54) is 24.8 Å². The molecule has 0 spiro atoms. The molecular formula is C23H29NO. The van der Waals surface area contributed by atoms with Gasteiger partial charge >= 0.3 is 0 Å². The summed E-state index contributed by atoms with van der Waals surface area (Å²) in [5.74, 6) is 0.202. The van der Waals surface area contributed by atoms with Crippen molar-refractivity contribution in [1.29, 1.82) is 0 Å². The summed E-state index contributed by atoms with van der Waals surface area (Å²) < 4.78 is 0. The number of rotatable bonds is 6. The monoisotopic (exact) mass is 335 g/mol. The van der Waals surface area contributed by atoms with Gasteiger partial charge in [0.05, 0.1) is 0 Å². The highest BCUT2D eigenvalue weighted by Crippen LogP contribution is 2.27. The third kappa shape index (κ3) is 4.72. The van der Waals surface area contributed by atoms with Gasteiger partial charge in [0.2, 0.25) is 0 Å². The lowest BCUT2D eigenvalue weighted by Gasteiger charge is -2.39. The summed E-state index contributed by atoms with van der Waals surface area (Å²) in [6.07, 6.45) is 8.13. The third-order valence-electron chi connectivity index (χ3n) is 5.39. The molecular weight excluding hydrogens is 306 g/mol. The standard InChI is InChI=1S/C23H29NO/c1-19(17-18-20-11-5-2-6-12-20)24(22-15-9-4-10-16-22)23(25)21-13-7-3-8-14-21/h2-3,5-8,11-14,19,22H,4,9-10,15-18H2,1H3. The van der Waals surface area contributed by atoms with Crippen LogP contribution in [0.4, 0.5) is 0 Å². The maximum absolute atomic E-state index is 13.2. The number of benzene rings is 2. The van der Waals surface area contributed by atoms with Crippen molar-refractivity contribution >= 4 is 5.91 Å². The fourth-order valence-electron chi connectivity index (χ4n) is 3.97. The van der Waals surface area contributed by atoms with Gasteiger partial charge in [0, 0.05) is 17.6 Å². The number of hydrogen-bond donors (Lipinski definition) is 0. The zero-order chi connectivity index (χ0) is 17.5. The Morgan fingerprint density at radius 1 is 0.960 bits per heavy atom. The molecule has 0 heterocycles. The first-order valence-corrected chi connectivity index (χ1v) is 9.67. The minimum Gasteiger partial charge on any atom is -0.333 e. The maximum Gasteiger partial charge on any atom is 0.254 e. The summed E-state index contributed by atoms with van der Waals surface area (Å²) in [6, 6.07) is 21.0. The van der Waals surface area contributed by atoms with E-state index in [-0.39, 0.29) is 11.9 Å². The van der Waals surface area contributed by atoms with E-state index in [4.69, 9.17) is 0 Å². The Morgan fingerprint density at radius 3 is 2.20 bits per heavy atom. The summed E-state index contributed by atoms with van der Waals surface area (Å²) in [7, 11) is 0. The minimum absolute atomic E-state index is 0.202. The first kappa shape index (κ1) is 17.7. The van der Waals surface area contributed by atoms with Gasteiger partial charge in [-0.3, -0.25) is 4.79 Å². The van der Waals surface area contributed by atoms with Crippen molar-refractivity contribution in [3.05, 3.63) is 71.8 Å². The fourth-order valence-corrected chi connectivity index (χ4v) is 3.97. The summed E-state index contributed by atoms with van der Waals surface area (Å²) in [6.45, 7) is 2.22. The van der Waals surface area contributed by atoms with Crippen LogP contribution in [0.1, 0.15) is 61.4 Å². The Labute approximate surface area is 151 Å². The van der Waals surface area contributed by atoms with Crippen molar-refractivity contribution in [3.8, 4) is 0 Å². The molecule has 0 aromatic heterocycles. The predicted octanol–water partition coefficient (Wildman–Crippen LogP) is 5.48. The molecule has 0 saturated heterocycles. The molecule has 1 saturated carbocycles. The smallest absolute Gasteiger partial charge is 0.254 e. The molecule has 0 N–H and O–H groups in total. The molecule has 2 nitrogen and oxygen atoms in total. The van der Waals surface area contributed by atoms with Crippen molar-refractivity contribution < 1.29 is 4.79 Å². The lowest BCUT2D eigenvalue weighted by molar-refractivity contribution is 0.0522. The second-order valence-corrected chi connectivity index (χ2v) is 7.24. The first-order valence-electron chi connectivity index (χ1n) is 9.67. The van der Waals surface area contributed by atoms with E-state index in [2.05, 4.69) is 42.2 Å². The molecule has 1 unspecified atom stereocenters. The molecule has 1 aliphatic rings. The Balaban J connectivity index is 1.74. The second kappa shape index (κ2) is 8.84. The van der Waals surface area contributed by atoms with Crippen LogP contribution in [0, 0.1) is 0 Å². The van der Waals surface area contributed by atoms with Crippen molar-refractivity contribution in [1.82, 2.24) is 4.90 Å². The van der Waals surface area contributed by atoms with Crippen LogP contribution in [-0.4, -0.2) is 22.9 Å². The number of amides is 1. The molecule has 3 rings (SSSR count). The second-order valence-electron chi connectivity index (χ2n) is 7.24. The Kier molecular flexibility index (Phi) is 6.27. The number of nitrogens with zero attached hydrogens (tertiary/aromatic N) is 1. The predicted molar refractivity (Wildman–Crippen MR) is 104 cm³/mol. The van der Waals surface area contributed by atoms with Crippen molar-refractivity contribution in [2.75, 3.05) is 0 Å². The Morgan fingerprint density at radius 2 is 1.56 bits per heavy atom.